The standard InChI is InChI=1S/C13H24O/c1-12(2,3)14-9-7-11-6-8-13(4,5)10-11/h6H,7-10H2,1-5H3. The molecule has 0 aromatic rings. The van der Waals surface area contributed by atoms with Crippen molar-refractivity contribution < 1.29 is 4.74 Å². The minimum Gasteiger partial charge on any atom is -0.376 e. The first-order valence-electron chi connectivity index (χ1n) is 5.60. The molecule has 1 heteroatoms. The van der Waals surface area contributed by atoms with Gasteiger partial charge < -0.3 is 4.74 Å². The van der Waals surface area contributed by atoms with Crippen molar-refractivity contribution in [3.63, 3.8) is 0 Å². The molecule has 1 nitrogen and oxygen atoms in total. The summed E-state index contributed by atoms with van der Waals surface area (Å²) in [5.74, 6) is 0. The van der Waals surface area contributed by atoms with Gasteiger partial charge in [-0.05, 0) is 45.4 Å². The first kappa shape index (κ1) is 11.8. The van der Waals surface area contributed by atoms with Crippen molar-refractivity contribution in [2.24, 2.45) is 5.41 Å². The van der Waals surface area contributed by atoms with Crippen LogP contribution in [0.3, 0.4) is 0 Å². The molecule has 0 atom stereocenters. The van der Waals surface area contributed by atoms with E-state index in [1.165, 1.54) is 12.8 Å². The van der Waals surface area contributed by atoms with Gasteiger partial charge in [-0.2, -0.15) is 0 Å². The third kappa shape index (κ3) is 4.28. The fraction of sp³-hybridized carbons (Fsp3) is 0.846. The lowest BCUT2D eigenvalue weighted by molar-refractivity contribution is -0.00125. The Bertz CT molecular complexity index is 218. The van der Waals surface area contributed by atoms with Crippen molar-refractivity contribution >= 4 is 0 Å². The van der Waals surface area contributed by atoms with Gasteiger partial charge in [0, 0.05) is 0 Å². The molecule has 0 heterocycles. The van der Waals surface area contributed by atoms with Gasteiger partial charge in [-0.25, -0.2) is 0 Å². The Hall–Kier alpha value is -0.300. The summed E-state index contributed by atoms with van der Waals surface area (Å²) in [6, 6.07) is 0. The Labute approximate surface area is 88.5 Å². The van der Waals surface area contributed by atoms with E-state index >= 15 is 0 Å². The van der Waals surface area contributed by atoms with Crippen molar-refractivity contribution in [2.45, 2.75) is 59.5 Å². The Morgan fingerprint density at radius 2 is 2.00 bits per heavy atom. The first-order chi connectivity index (χ1) is 6.29. The zero-order valence-corrected chi connectivity index (χ0v) is 10.3. The third-order valence-electron chi connectivity index (χ3n) is 2.61. The molecule has 0 aromatic carbocycles. The number of rotatable bonds is 3. The monoisotopic (exact) mass is 196 g/mol. The summed E-state index contributed by atoms with van der Waals surface area (Å²) >= 11 is 0. The Balaban J connectivity index is 2.22. The minimum absolute atomic E-state index is 0.00861. The summed E-state index contributed by atoms with van der Waals surface area (Å²) in [6.07, 6.45) is 5.99. The predicted octanol–water partition coefficient (Wildman–Crippen LogP) is 3.94. The van der Waals surface area contributed by atoms with E-state index in [2.05, 4.69) is 40.7 Å². The molecule has 0 aliphatic heterocycles. The predicted molar refractivity (Wildman–Crippen MR) is 61.4 cm³/mol. The molecule has 0 N–H and O–H groups in total. The average molecular weight is 196 g/mol. The molecule has 1 aliphatic carbocycles. The maximum Gasteiger partial charge on any atom is 0.0598 e. The molecule has 82 valence electrons. The first-order valence-corrected chi connectivity index (χ1v) is 5.60. The molecule has 0 radical (unpaired) electrons. The van der Waals surface area contributed by atoms with E-state index in [9.17, 15) is 0 Å². The van der Waals surface area contributed by atoms with E-state index in [0.29, 0.717) is 5.41 Å². The molecule has 0 bridgehead atoms. The van der Waals surface area contributed by atoms with Gasteiger partial charge in [-0.15, -0.1) is 0 Å². The fourth-order valence-electron chi connectivity index (χ4n) is 1.86. The normalized spacial score (nSPS) is 21.1. The second kappa shape index (κ2) is 4.06. The molecular formula is C13H24O. The lowest BCUT2D eigenvalue weighted by atomic mass is 9.89. The van der Waals surface area contributed by atoms with Crippen LogP contribution in [0.2, 0.25) is 0 Å². The summed E-state index contributed by atoms with van der Waals surface area (Å²) in [5, 5.41) is 0. The summed E-state index contributed by atoms with van der Waals surface area (Å²) in [4.78, 5) is 0. The second-order valence-corrected chi connectivity index (χ2v) is 6.12. The third-order valence-corrected chi connectivity index (χ3v) is 2.61. The van der Waals surface area contributed by atoms with Gasteiger partial charge in [-0.1, -0.05) is 25.5 Å². The maximum atomic E-state index is 5.72. The minimum atomic E-state index is 0.00861. The van der Waals surface area contributed by atoms with Crippen molar-refractivity contribution in [1.29, 1.82) is 0 Å². The number of allylic oxidation sites excluding steroid dienone is 1. The van der Waals surface area contributed by atoms with Crippen LogP contribution in [-0.4, -0.2) is 12.2 Å². The van der Waals surface area contributed by atoms with Gasteiger partial charge in [0.2, 0.25) is 0 Å². The molecule has 1 rings (SSSR count). The Morgan fingerprint density at radius 3 is 2.43 bits per heavy atom. The van der Waals surface area contributed by atoms with Gasteiger partial charge in [-0.3, -0.25) is 0 Å². The van der Waals surface area contributed by atoms with Crippen LogP contribution in [0.5, 0.6) is 0 Å². The van der Waals surface area contributed by atoms with Crippen LogP contribution in [0.4, 0.5) is 0 Å². The van der Waals surface area contributed by atoms with Crippen molar-refractivity contribution in [3.05, 3.63) is 11.6 Å². The highest BCUT2D eigenvalue weighted by molar-refractivity contribution is 5.13. The number of hydrogen-bond acceptors (Lipinski definition) is 1. The van der Waals surface area contributed by atoms with E-state index < -0.39 is 0 Å². The number of hydrogen-bond donors (Lipinski definition) is 0. The second-order valence-electron chi connectivity index (χ2n) is 6.12. The molecule has 0 aromatic heterocycles. The van der Waals surface area contributed by atoms with Crippen LogP contribution >= 0.6 is 0 Å². The largest absolute Gasteiger partial charge is 0.376 e. The van der Waals surface area contributed by atoms with Crippen LogP contribution in [0, 0.1) is 5.41 Å². The van der Waals surface area contributed by atoms with Crippen molar-refractivity contribution in [1.82, 2.24) is 0 Å². The molecule has 14 heavy (non-hydrogen) atoms. The van der Waals surface area contributed by atoms with Gasteiger partial charge >= 0.3 is 0 Å². The molecule has 0 unspecified atom stereocenters. The molecule has 0 saturated carbocycles. The van der Waals surface area contributed by atoms with Crippen LogP contribution < -0.4 is 0 Å². The number of ether oxygens (including phenoxy) is 1. The molecule has 0 amide bonds. The van der Waals surface area contributed by atoms with Crippen LogP contribution in [0.25, 0.3) is 0 Å². The van der Waals surface area contributed by atoms with Gasteiger partial charge in [0.15, 0.2) is 0 Å². The highest BCUT2D eigenvalue weighted by Crippen LogP contribution is 2.37. The van der Waals surface area contributed by atoms with E-state index in [4.69, 9.17) is 4.74 Å². The summed E-state index contributed by atoms with van der Waals surface area (Å²) < 4.78 is 5.72. The zero-order chi connectivity index (χ0) is 10.8. The molecule has 0 spiro atoms. The molecule has 1 aliphatic rings. The average Bonchev–Trinajstić information content (AvgIpc) is 2.27. The summed E-state index contributed by atoms with van der Waals surface area (Å²) in [6.45, 7) is 11.9. The molecule has 0 saturated heterocycles. The summed E-state index contributed by atoms with van der Waals surface area (Å²) in [7, 11) is 0. The van der Waals surface area contributed by atoms with Gasteiger partial charge in [0.25, 0.3) is 0 Å². The van der Waals surface area contributed by atoms with E-state index in [1.54, 1.807) is 5.57 Å². The van der Waals surface area contributed by atoms with Crippen LogP contribution in [-0.2, 0) is 4.74 Å². The smallest absolute Gasteiger partial charge is 0.0598 e. The fourth-order valence-corrected chi connectivity index (χ4v) is 1.86. The van der Waals surface area contributed by atoms with Gasteiger partial charge in [0.1, 0.15) is 0 Å². The lowest BCUT2D eigenvalue weighted by Crippen LogP contribution is -2.19. The van der Waals surface area contributed by atoms with Crippen LogP contribution in [0.15, 0.2) is 11.6 Å². The van der Waals surface area contributed by atoms with E-state index in [0.717, 1.165) is 13.0 Å². The lowest BCUT2D eigenvalue weighted by Gasteiger charge is -2.20. The van der Waals surface area contributed by atoms with E-state index in [1.807, 2.05) is 0 Å². The Morgan fingerprint density at radius 1 is 1.36 bits per heavy atom. The summed E-state index contributed by atoms with van der Waals surface area (Å²) in [5.41, 5.74) is 2.09. The molecule has 0 fully saturated rings. The van der Waals surface area contributed by atoms with Crippen molar-refractivity contribution in [3.8, 4) is 0 Å². The topological polar surface area (TPSA) is 9.23 Å². The quantitative estimate of drug-likeness (QED) is 0.621. The highest BCUT2D eigenvalue weighted by Gasteiger charge is 2.24. The highest BCUT2D eigenvalue weighted by atomic mass is 16.5. The van der Waals surface area contributed by atoms with E-state index in [-0.39, 0.29) is 5.60 Å². The van der Waals surface area contributed by atoms with Crippen LogP contribution in [0.1, 0.15) is 53.9 Å². The van der Waals surface area contributed by atoms with Crippen molar-refractivity contribution in [2.75, 3.05) is 6.61 Å². The SMILES string of the molecule is CC1(C)CC=C(CCOC(C)(C)C)C1. The zero-order valence-electron chi connectivity index (χ0n) is 10.3. The maximum absolute atomic E-state index is 5.72. The molecular weight excluding hydrogens is 172 g/mol. The van der Waals surface area contributed by atoms with Gasteiger partial charge in [0.05, 0.1) is 12.2 Å². The Kier molecular flexibility index (Phi) is 3.41.